The number of alkyl halides is 3. The van der Waals surface area contributed by atoms with Crippen molar-refractivity contribution in [2.75, 3.05) is 13.1 Å². The van der Waals surface area contributed by atoms with E-state index in [4.69, 9.17) is 4.42 Å². The van der Waals surface area contributed by atoms with E-state index in [-0.39, 0.29) is 24.9 Å². The fourth-order valence-corrected chi connectivity index (χ4v) is 5.70. The van der Waals surface area contributed by atoms with Crippen molar-refractivity contribution in [1.82, 2.24) is 14.5 Å². The molecule has 3 aromatic rings. The Hall–Kier alpha value is -2.24. The van der Waals surface area contributed by atoms with Gasteiger partial charge in [0, 0.05) is 24.0 Å². The van der Waals surface area contributed by atoms with Crippen molar-refractivity contribution in [1.29, 1.82) is 0 Å². The Bertz CT molecular complexity index is 1100. The molecule has 0 radical (unpaired) electrons. The van der Waals surface area contributed by atoms with Crippen molar-refractivity contribution >= 4 is 21.4 Å². The SMILES string of the molecule is O=S(=O)(c1ccccc1C(F)(F)F)N1CCCC(c2nnc(-c3ccsc3)o2)C1. The molecule has 1 saturated heterocycles. The molecule has 1 aliphatic heterocycles. The van der Waals surface area contributed by atoms with Gasteiger partial charge in [0.15, 0.2) is 0 Å². The van der Waals surface area contributed by atoms with E-state index < -0.39 is 26.7 Å². The first-order valence-electron chi connectivity index (χ1n) is 8.79. The van der Waals surface area contributed by atoms with Crippen LogP contribution in [0.25, 0.3) is 11.5 Å². The van der Waals surface area contributed by atoms with Crippen LogP contribution >= 0.6 is 11.3 Å². The van der Waals surface area contributed by atoms with E-state index in [0.29, 0.717) is 18.7 Å². The molecule has 0 spiro atoms. The highest BCUT2D eigenvalue weighted by atomic mass is 32.2. The second-order valence-corrected chi connectivity index (χ2v) is 9.34. The third-order valence-corrected chi connectivity index (χ3v) is 7.36. The summed E-state index contributed by atoms with van der Waals surface area (Å²) in [4.78, 5) is -0.738. The molecule has 0 amide bonds. The highest BCUT2D eigenvalue weighted by molar-refractivity contribution is 7.89. The van der Waals surface area contributed by atoms with Gasteiger partial charge >= 0.3 is 6.18 Å². The summed E-state index contributed by atoms with van der Waals surface area (Å²) in [6.07, 6.45) is -3.67. The van der Waals surface area contributed by atoms with Gasteiger partial charge in [-0.3, -0.25) is 0 Å². The molecule has 1 fully saturated rings. The molecule has 3 heterocycles. The zero-order valence-electron chi connectivity index (χ0n) is 15.0. The van der Waals surface area contributed by atoms with Gasteiger partial charge in [-0.15, -0.1) is 10.2 Å². The number of hydrogen-bond donors (Lipinski definition) is 0. The zero-order chi connectivity index (χ0) is 20.6. The van der Waals surface area contributed by atoms with Crippen LogP contribution in [-0.2, 0) is 16.2 Å². The minimum atomic E-state index is -4.76. The number of halogens is 3. The molecule has 29 heavy (non-hydrogen) atoms. The quantitative estimate of drug-likeness (QED) is 0.598. The molecule has 11 heteroatoms. The minimum Gasteiger partial charge on any atom is -0.420 e. The van der Waals surface area contributed by atoms with Crippen molar-refractivity contribution < 1.29 is 26.0 Å². The van der Waals surface area contributed by atoms with Gasteiger partial charge in [-0.1, -0.05) is 12.1 Å². The van der Waals surface area contributed by atoms with E-state index in [1.165, 1.54) is 23.5 Å². The second kappa shape index (κ2) is 7.54. The van der Waals surface area contributed by atoms with E-state index >= 15 is 0 Å². The average molecular weight is 443 g/mol. The Balaban J connectivity index is 1.60. The Labute approximate surface area is 169 Å². The number of rotatable bonds is 4. The van der Waals surface area contributed by atoms with Crippen LogP contribution in [0.3, 0.4) is 0 Å². The number of hydrogen-bond acceptors (Lipinski definition) is 6. The summed E-state index contributed by atoms with van der Waals surface area (Å²) in [6.45, 7) is 0.121. The number of piperidine rings is 1. The van der Waals surface area contributed by atoms with Gasteiger partial charge < -0.3 is 4.42 Å². The van der Waals surface area contributed by atoms with Crippen LogP contribution in [0.4, 0.5) is 13.2 Å². The summed E-state index contributed by atoms with van der Waals surface area (Å²) in [7, 11) is -4.33. The van der Waals surface area contributed by atoms with Crippen molar-refractivity contribution in [2.45, 2.75) is 29.8 Å². The summed E-state index contributed by atoms with van der Waals surface area (Å²) < 4.78 is 72.7. The summed E-state index contributed by atoms with van der Waals surface area (Å²) in [5, 5.41) is 11.7. The van der Waals surface area contributed by atoms with Crippen molar-refractivity contribution in [3.05, 3.63) is 52.5 Å². The Morgan fingerprint density at radius 2 is 1.97 bits per heavy atom. The van der Waals surface area contributed by atoms with Crippen LogP contribution in [0.15, 0.2) is 50.4 Å². The van der Waals surface area contributed by atoms with Crippen molar-refractivity contribution in [3.8, 4) is 11.5 Å². The predicted molar refractivity (Wildman–Crippen MR) is 99.8 cm³/mol. The normalized spacial score (nSPS) is 18.8. The van der Waals surface area contributed by atoms with Crippen LogP contribution < -0.4 is 0 Å². The van der Waals surface area contributed by atoms with Crippen LogP contribution in [0.2, 0.25) is 0 Å². The molecule has 1 aromatic carbocycles. The highest BCUT2D eigenvalue weighted by Crippen LogP contribution is 2.37. The molecule has 0 bridgehead atoms. The molecular formula is C18H16F3N3O3S2. The number of aromatic nitrogens is 2. The fourth-order valence-electron chi connectivity index (χ4n) is 3.33. The molecule has 1 atom stereocenters. The van der Waals surface area contributed by atoms with Crippen molar-refractivity contribution in [2.24, 2.45) is 0 Å². The van der Waals surface area contributed by atoms with Crippen LogP contribution in [0.5, 0.6) is 0 Å². The molecule has 1 unspecified atom stereocenters. The molecule has 2 aromatic heterocycles. The molecule has 0 N–H and O–H groups in total. The lowest BCUT2D eigenvalue weighted by Gasteiger charge is -2.30. The molecular weight excluding hydrogens is 427 g/mol. The summed E-state index contributed by atoms with van der Waals surface area (Å²) in [5.41, 5.74) is -0.396. The van der Waals surface area contributed by atoms with Gasteiger partial charge in [0.2, 0.25) is 21.8 Å². The van der Waals surface area contributed by atoms with E-state index in [1.807, 2.05) is 16.8 Å². The Morgan fingerprint density at radius 1 is 1.17 bits per heavy atom. The average Bonchev–Trinajstić information content (AvgIpc) is 3.39. The highest BCUT2D eigenvalue weighted by Gasteiger charge is 2.40. The standard InChI is InChI=1S/C18H16F3N3O3S2/c19-18(20,21)14-5-1-2-6-15(14)29(25,26)24-8-3-4-12(10-24)16-22-23-17(27-16)13-7-9-28-11-13/h1-2,5-7,9,11-12H,3-4,8,10H2. The molecule has 154 valence electrons. The smallest absolute Gasteiger partial charge is 0.417 e. The molecule has 0 aliphatic carbocycles. The largest absolute Gasteiger partial charge is 0.420 e. The van der Waals surface area contributed by atoms with Crippen LogP contribution in [-0.4, -0.2) is 36.0 Å². The third kappa shape index (κ3) is 3.94. The number of benzene rings is 1. The molecule has 6 nitrogen and oxygen atoms in total. The van der Waals surface area contributed by atoms with Gasteiger partial charge in [-0.05, 0) is 36.4 Å². The zero-order valence-corrected chi connectivity index (χ0v) is 16.6. The Kier molecular flexibility index (Phi) is 5.21. The van der Waals surface area contributed by atoms with Gasteiger partial charge in [-0.2, -0.15) is 28.8 Å². The second-order valence-electron chi connectivity index (χ2n) is 6.65. The van der Waals surface area contributed by atoms with Gasteiger partial charge in [0.25, 0.3) is 0 Å². The molecule has 1 aliphatic rings. The summed E-state index contributed by atoms with van der Waals surface area (Å²) >= 11 is 1.48. The maximum atomic E-state index is 13.3. The molecule has 0 saturated carbocycles. The van der Waals surface area contributed by atoms with Gasteiger partial charge in [0.05, 0.1) is 16.4 Å². The maximum Gasteiger partial charge on any atom is 0.417 e. The van der Waals surface area contributed by atoms with Gasteiger partial charge in [0.1, 0.15) is 0 Å². The molecule has 4 rings (SSSR count). The lowest BCUT2D eigenvalue weighted by Crippen LogP contribution is -2.39. The summed E-state index contributed by atoms with van der Waals surface area (Å²) in [6, 6.07) is 6.05. The lowest BCUT2D eigenvalue weighted by molar-refractivity contribution is -0.139. The van der Waals surface area contributed by atoms with E-state index in [0.717, 1.165) is 22.0 Å². The monoisotopic (exact) mass is 443 g/mol. The first-order chi connectivity index (χ1) is 13.8. The number of sulfonamides is 1. The van der Waals surface area contributed by atoms with Crippen molar-refractivity contribution in [3.63, 3.8) is 0 Å². The topological polar surface area (TPSA) is 76.3 Å². The number of nitrogens with zero attached hydrogens (tertiary/aromatic N) is 3. The van der Waals surface area contributed by atoms with E-state index in [1.54, 1.807) is 0 Å². The fraction of sp³-hybridized carbons (Fsp3) is 0.333. The lowest BCUT2D eigenvalue weighted by atomic mass is 10.00. The predicted octanol–water partition coefficient (Wildman–Crippen LogP) is 4.39. The minimum absolute atomic E-state index is 0.0141. The van der Waals surface area contributed by atoms with Crippen LogP contribution in [0.1, 0.15) is 30.2 Å². The first kappa shape index (κ1) is 20.0. The van der Waals surface area contributed by atoms with Gasteiger partial charge in [-0.25, -0.2) is 8.42 Å². The summed E-state index contributed by atoms with van der Waals surface area (Å²) in [5.74, 6) is 0.246. The Morgan fingerprint density at radius 3 is 2.69 bits per heavy atom. The maximum absolute atomic E-state index is 13.3. The van der Waals surface area contributed by atoms with Crippen LogP contribution in [0, 0.1) is 0 Å². The van der Waals surface area contributed by atoms with E-state index in [9.17, 15) is 21.6 Å². The number of thiophene rings is 1. The van der Waals surface area contributed by atoms with E-state index in [2.05, 4.69) is 10.2 Å². The third-order valence-electron chi connectivity index (χ3n) is 4.75. The first-order valence-corrected chi connectivity index (χ1v) is 11.2.